The van der Waals surface area contributed by atoms with Crippen LogP contribution in [0.3, 0.4) is 0 Å². The van der Waals surface area contributed by atoms with Gasteiger partial charge in [-0.2, -0.15) is 13.2 Å². The number of carboxylic acids is 2. The lowest BCUT2D eigenvalue weighted by Crippen LogP contribution is -2.74. The largest absolute Gasteiger partial charge is 0.542 e. The first-order valence-electron chi connectivity index (χ1n) is 8.05. The summed E-state index contributed by atoms with van der Waals surface area (Å²) in [5.74, 6) is -5.28. The van der Waals surface area contributed by atoms with Crippen molar-refractivity contribution in [1.82, 2.24) is 10.2 Å². The molecule has 0 aromatic heterocycles. The van der Waals surface area contributed by atoms with Gasteiger partial charge in [-0.05, 0) is 13.8 Å². The topological polar surface area (TPSA) is 164 Å². The summed E-state index contributed by atoms with van der Waals surface area (Å²) in [5, 5.41) is 20.4. The molecule has 0 unspecified atom stereocenters. The Labute approximate surface area is 158 Å². The Balaban J connectivity index is 0.000000887. The van der Waals surface area contributed by atoms with Crippen LogP contribution in [0.4, 0.5) is 13.2 Å². The third-order valence-electron chi connectivity index (χ3n) is 3.54. The first-order chi connectivity index (χ1) is 12.8. The van der Waals surface area contributed by atoms with Crippen LogP contribution in [0, 0.1) is 0 Å². The molecule has 1 rings (SSSR count). The van der Waals surface area contributed by atoms with Gasteiger partial charge in [0.1, 0.15) is 18.1 Å². The van der Waals surface area contributed by atoms with Crippen molar-refractivity contribution in [2.45, 2.75) is 45.1 Å². The fourth-order valence-electron chi connectivity index (χ4n) is 2.23. The molecule has 28 heavy (non-hydrogen) atoms. The normalized spacial score (nSPS) is 21.2. The fourth-order valence-corrected chi connectivity index (χ4v) is 2.23. The van der Waals surface area contributed by atoms with Crippen molar-refractivity contribution in [3.8, 4) is 0 Å². The van der Waals surface area contributed by atoms with E-state index in [2.05, 4.69) is 11.1 Å². The highest BCUT2D eigenvalue weighted by atomic mass is 19.4. The summed E-state index contributed by atoms with van der Waals surface area (Å²) >= 11 is 0. The summed E-state index contributed by atoms with van der Waals surface area (Å²) < 4.78 is 36.8. The number of nitrogens with zero attached hydrogens (tertiary/aromatic N) is 1. The summed E-state index contributed by atoms with van der Waals surface area (Å²) in [6.45, 7) is 5.88. The van der Waals surface area contributed by atoms with E-state index in [-0.39, 0.29) is 17.6 Å². The predicted octanol–water partition coefficient (Wildman–Crippen LogP) is -2.36. The Kier molecular flexibility index (Phi) is 9.43. The molecule has 10 nitrogen and oxygen atoms in total. The van der Waals surface area contributed by atoms with Gasteiger partial charge in [-0.1, -0.05) is 0 Å². The summed E-state index contributed by atoms with van der Waals surface area (Å²) in [4.78, 5) is 45.1. The molecule has 0 spiro atoms. The smallest absolute Gasteiger partial charge is 0.430 e. The van der Waals surface area contributed by atoms with E-state index in [9.17, 15) is 27.6 Å². The molecule has 1 aliphatic heterocycles. The van der Waals surface area contributed by atoms with Crippen LogP contribution in [0.2, 0.25) is 0 Å². The van der Waals surface area contributed by atoms with Crippen molar-refractivity contribution in [3.05, 3.63) is 11.8 Å². The van der Waals surface area contributed by atoms with Crippen LogP contribution in [0.5, 0.6) is 0 Å². The van der Waals surface area contributed by atoms with Crippen molar-refractivity contribution in [2.75, 3.05) is 13.1 Å². The molecule has 13 heteroatoms. The Morgan fingerprint density at radius 2 is 1.75 bits per heavy atom. The first kappa shape index (κ1) is 25.2. The van der Waals surface area contributed by atoms with Crippen LogP contribution < -0.4 is 16.2 Å². The Bertz CT molecular complexity index is 633. The molecule has 1 heterocycles. The second-order valence-electron chi connectivity index (χ2n) is 5.56. The van der Waals surface area contributed by atoms with E-state index >= 15 is 0 Å². The number of hydrogen-bond acceptors (Lipinski definition) is 6. The Morgan fingerprint density at radius 1 is 1.29 bits per heavy atom. The molecule has 0 saturated heterocycles. The van der Waals surface area contributed by atoms with Gasteiger partial charge in [-0.25, -0.2) is 4.79 Å². The van der Waals surface area contributed by atoms with Crippen LogP contribution in [0.1, 0.15) is 20.8 Å². The molecule has 0 bridgehead atoms. The zero-order valence-corrected chi connectivity index (χ0v) is 15.4. The van der Waals surface area contributed by atoms with Gasteiger partial charge in [-0.15, -0.1) is 0 Å². The van der Waals surface area contributed by atoms with Gasteiger partial charge in [0.25, 0.3) is 5.91 Å². The molecule has 5 N–H and O–H groups in total. The molecular formula is C15H22F3N3O7. The van der Waals surface area contributed by atoms with Crippen LogP contribution in [-0.4, -0.2) is 71.2 Å². The summed E-state index contributed by atoms with van der Waals surface area (Å²) in [6, 6.07) is -1.27. The number of alkyl halides is 3. The summed E-state index contributed by atoms with van der Waals surface area (Å²) in [7, 11) is 0. The molecule has 0 fully saturated rings. The fraction of sp³-hybridized carbons (Fsp3) is 0.600. The molecule has 2 amide bonds. The van der Waals surface area contributed by atoms with Gasteiger partial charge < -0.3 is 35.7 Å². The number of nitrogens with one attached hydrogen (secondary N) is 1. The predicted molar refractivity (Wildman–Crippen MR) is 83.9 cm³/mol. The maximum atomic E-state index is 12.5. The first-order valence-corrected chi connectivity index (χ1v) is 8.05. The van der Waals surface area contributed by atoms with Crippen molar-refractivity contribution < 1.29 is 53.0 Å². The van der Waals surface area contributed by atoms with E-state index in [0.717, 1.165) is 0 Å². The van der Waals surface area contributed by atoms with E-state index in [0.29, 0.717) is 13.1 Å². The average Bonchev–Trinajstić information content (AvgIpc) is 2.56. The third-order valence-corrected chi connectivity index (χ3v) is 3.54. The second-order valence-corrected chi connectivity index (χ2v) is 5.56. The maximum Gasteiger partial charge on any atom is 0.430 e. The molecule has 160 valence electrons. The van der Waals surface area contributed by atoms with Gasteiger partial charge in [0.05, 0.1) is 0 Å². The van der Waals surface area contributed by atoms with Crippen LogP contribution >= 0.6 is 0 Å². The van der Waals surface area contributed by atoms with E-state index in [4.69, 9.17) is 19.7 Å². The van der Waals surface area contributed by atoms with Crippen LogP contribution in [-0.2, 0) is 23.9 Å². The monoisotopic (exact) mass is 413 g/mol. The van der Waals surface area contributed by atoms with E-state index < -0.39 is 36.3 Å². The number of rotatable bonds is 5. The van der Waals surface area contributed by atoms with Crippen molar-refractivity contribution >= 4 is 23.8 Å². The molecular weight excluding hydrogens is 391 g/mol. The van der Waals surface area contributed by atoms with Crippen LogP contribution in [0.15, 0.2) is 11.8 Å². The third kappa shape index (κ3) is 7.42. The SMILES string of the molecule is CCN(CC)C(=O)[C@@H]1OC(C(=O)O)=C[C@H]([NH3+])[C@H]1NC(C)=O.O=C([O-])C(F)(F)F. The number of carboxylic acid groups (broad SMARTS) is 2. The molecule has 0 aromatic carbocycles. The Hall–Kier alpha value is -2.83. The number of ether oxygens (including phenoxy) is 1. The quantitative estimate of drug-likeness (QED) is 0.454. The van der Waals surface area contributed by atoms with Crippen LogP contribution in [0.25, 0.3) is 0 Å². The molecule has 0 aliphatic carbocycles. The zero-order valence-electron chi connectivity index (χ0n) is 15.4. The molecule has 0 saturated carbocycles. The number of halogens is 3. The van der Waals surface area contributed by atoms with E-state index in [1.165, 1.54) is 17.9 Å². The van der Waals surface area contributed by atoms with Crippen molar-refractivity contribution in [3.63, 3.8) is 0 Å². The second kappa shape index (κ2) is 10.5. The van der Waals surface area contributed by atoms with Gasteiger partial charge in [0, 0.05) is 26.1 Å². The van der Waals surface area contributed by atoms with Gasteiger partial charge >= 0.3 is 12.1 Å². The zero-order chi connectivity index (χ0) is 22.2. The lowest BCUT2D eigenvalue weighted by atomic mass is 9.97. The minimum absolute atomic E-state index is 0.317. The highest BCUT2D eigenvalue weighted by Gasteiger charge is 2.43. The number of hydrogen-bond donors (Lipinski definition) is 3. The lowest BCUT2D eigenvalue weighted by molar-refractivity contribution is -0.414. The lowest BCUT2D eigenvalue weighted by Gasteiger charge is -2.34. The highest BCUT2D eigenvalue weighted by Crippen LogP contribution is 2.19. The average molecular weight is 413 g/mol. The minimum Gasteiger partial charge on any atom is -0.542 e. The van der Waals surface area contributed by atoms with E-state index in [1.54, 1.807) is 0 Å². The molecule has 0 aromatic rings. The van der Waals surface area contributed by atoms with E-state index in [1.807, 2.05) is 13.8 Å². The molecule has 1 aliphatic rings. The summed E-state index contributed by atoms with van der Waals surface area (Å²) in [5.41, 5.74) is 3.80. The minimum atomic E-state index is -5.19. The van der Waals surface area contributed by atoms with Gasteiger partial charge in [0.15, 0.2) is 0 Å². The standard InChI is InChI=1S/C13H21N3O5.C2HF3O2/c1-4-16(5-2)12(18)11-10(15-7(3)17)8(14)6-9(21-11)13(19)20;3-2(4,5)1(6)7/h6,8,10-11H,4-5,14H2,1-3H3,(H,15,17)(H,19,20);(H,6,7)/t8-,10+,11+;/m0./s1. The number of quaternary nitrogens is 1. The number of carbonyl (C=O) groups is 4. The number of aliphatic carboxylic acids is 2. The van der Waals surface area contributed by atoms with Gasteiger partial charge in [0.2, 0.25) is 17.8 Å². The van der Waals surface area contributed by atoms with Crippen molar-refractivity contribution in [1.29, 1.82) is 0 Å². The number of amides is 2. The molecule has 3 atom stereocenters. The summed E-state index contributed by atoms with van der Waals surface area (Å²) in [6.07, 6.45) is -4.98. The Morgan fingerprint density at radius 3 is 2.07 bits per heavy atom. The number of likely N-dealkylation sites (N-methyl/N-ethyl adjacent to an activating group) is 1. The maximum absolute atomic E-state index is 12.5. The molecule has 0 radical (unpaired) electrons. The highest BCUT2D eigenvalue weighted by molar-refractivity contribution is 5.88. The van der Waals surface area contributed by atoms with Gasteiger partial charge in [-0.3, -0.25) is 9.59 Å². The number of carbonyl (C=O) groups excluding carboxylic acids is 3. The van der Waals surface area contributed by atoms with Crippen molar-refractivity contribution in [2.24, 2.45) is 0 Å².